The monoisotopic (exact) mass is 456 g/mol. The van der Waals surface area contributed by atoms with Crippen molar-refractivity contribution in [2.45, 2.75) is 19.8 Å². The van der Waals surface area contributed by atoms with Crippen molar-refractivity contribution in [1.82, 2.24) is 4.98 Å². The van der Waals surface area contributed by atoms with Gasteiger partial charge in [0.2, 0.25) is 5.89 Å². The summed E-state index contributed by atoms with van der Waals surface area (Å²) >= 11 is 6.22. The zero-order valence-electron chi connectivity index (χ0n) is 18.1. The molecular formula is C27H21ClN2O3. The third-order valence-corrected chi connectivity index (χ3v) is 5.77. The minimum atomic E-state index is -0.361. The van der Waals surface area contributed by atoms with Gasteiger partial charge in [0, 0.05) is 16.8 Å². The van der Waals surface area contributed by atoms with Crippen molar-refractivity contribution < 1.29 is 13.6 Å². The Morgan fingerprint density at radius 2 is 1.73 bits per heavy atom. The molecule has 5 nitrogen and oxygen atoms in total. The number of aromatic nitrogens is 1. The molecule has 3 aromatic carbocycles. The smallest absolute Gasteiger partial charge is 0.291 e. The molecule has 0 radical (unpaired) electrons. The summed E-state index contributed by atoms with van der Waals surface area (Å²) in [5.74, 6) is 1.37. The van der Waals surface area contributed by atoms with E-state index >= 15 is 0 Å². The van der Waals surface area contributed by atoms with Gasteiger partial charge in [-0.25, -0.2) is 4.98 Å². The number of anilines is 1. The van der Waals surface area contributed by atoms with Crippen LogP contribution >= 0.6 is 11.6 Å². The number of fused-ring (bicyclic) bond motifs is 1. The second-order valence-corrected chi connectivity index (χ2v) is 8.48. The summed E-state index contributed by atoms with van der Waals surface area (Å²) in [6.45, 7) is 4.31. The number of carbonyl (C=O) groups is 1. The third-order valence-electron chi connectivity index (χ3n) is 5.44. The summed E-state index contributed by atoms with van der Waals surface area (Å²) < 4.78 is 11.6. The zero-order valence-corrected chi connectivity index (χ0v) is 18.9. The Balaban J connectivity index is 1.35. The summed E-state index contributed by atoms with van der Waals surface area (Å²) in [6, 6.07) is 24.2. The highest BCUT2D eigenvalue weighted by atomic mass is 35.5. The molecule has 0 fully saturated rings. The van der Waals surface area contributed by atoms with Crippen molar-refractivity contribution in [3.63, 3.8) is 0 Å². The summed E-state index contributed by atoms with van der Waals surface area (Å²) in [6.07, 6.45) is 0. The van der Waals surface area contributed by atoms with E-state index in [1.807, 2.05) is 30.3 Å². The molecule has 0 aliphatic rings. The molecule has 0 saturated carbocycles. The molecular weight excluding hydrogens is 436 g/mol. The van der Waals surface area contributed by atoms with Gasteiger partial charge in [0.15, 0.2) is 11.3 Å². The Bertz CT molecular complexity index is 1450. The number of furan rings is 1. The van der Waals surface area contributed by atoms with E-state index in [0.717, 1.165) is 11.1 Å². The average molecular weight is 457 g/mol. The molecule has 1 amide bonds. The molecule has 2 heterocycles. The van der Waals surface area contributed by atoms with Crippen molar-refractivity contribution in [3.05, 3.63) is 95.2 Å². The van der Waals surface area contributed by atoms with Crippen LogP contribution in [-0.2, 0) is 0 Å². The van der Waals surface area contributed by atoms with Crippen LogP contribution in [-0.4, -0.2) is 10.9 Å². The number of rotatable bonds is 5. The Morgan fingerprint density at radius 3 is 2.48 bits per heavy atom. The van der Waals surface area contributed by atoms with Gasteiger partial charge in [0.25, 0.3) is 5.91 Å². The molecule has 0 aliphatic heterocycles. The van der Waals surface area contributed by atoms with Gasteiger partial charge in [-0.3, -0.25) is 4.79 Å². The van der Waals surface area contributed by atoms with E-state index in [9.17, 15) is 4.79 Å². The normalized spacial score (nSPS) is 11.3. The lowest BCUT2D eigenvalue weighted by Crippen LogP contribution is -2.10. The Hall–Kier alpha value is -3.83. The van der Waals surface area contributed by atoms with E-state index in [0.29, 0.717) is 39.4 Å². The minimum absolute atomic E-state index is 0.191. The van der Waals surface area contributed by atoms with Gasteiger partial charge in [0.1, 0.15) is 11.3 Å². The van der Waals surface area contributed by atoms with Crippen molar-refractivity contribution >= 4 is 34.3 Å². The van der Waals surface area contributed by atoms with Crippen molar-refractivity contribution in [2.75, 3.05) is 5.32 Å². The maximum Gasteiger partial charge on any atom is 0.291 e. The SMILES string of the molecule is CC(C)c1ccc(-c2nc3cc(NC(=O)c4ccc(-c5ccccc5Cl)o4)ccc3o2)cc1. The molecule has 164 valence electrons. The Labute approximate surface area is 196 Å². The average Bonchev–Trinajstić information content (AvgIpc) is 3.47. The lowest BCUT2D eigenvalue weighted by atomic mass is 10.0. The Kier molecular flexibility index (Phi) is 5.48. The summed E-state index contributed by atoms with van der Waals surface area (Å²) in [7, 11) is 0. The maximum atomic E-state index is 12.7. The van der Waals surface area contributed by atoms with Gasteiger partial charge in [-0.15, -0.1) is 0 Å². The van der Waals surface area contributed by atoms with Crippen LogP contribution in [0.3, 0.4) is 0 Å². The van der Waals surface area contributed by atoms with Crippen LogP contribution in [0.15, 0.2) is 87.7 Å². The molecule has 5 aromatic rings. The largest absolute Gasteiger partial charge is 0.451 e. The number of nitrogens with zero attached hydrogens (tertiary/aromatic N) is 1. The highest BCUT2D eigenvalue weighted by Crippen LogP contribution is 2.30. The number of halogens is 1. The predicted molar refractivity (Wildman–Crippen MR) is 131 cm³/mol. The molecule has 0 aliphatic carbocycles. The summed E-state index contributed by atoms with van der Waals surface area (Å²) in [5, 5.41) is 3.41. The summed E-state index contributed by atoms with van der Waals surface area (Å²) in [5.41, 5.74) is 4.80. The van der Waals surface area contributed by atoms with Crippen LogP contribution in [0.25, 0.3) is 33.9 Å². The highest BCUT2D eigenvalue weighted by molar-refractivity contribution is 6.33. The van der Waals surface area contributed by atoms with Crippen LogP contribution in [0.2, 0.25) is 5.02 Å². The second kappa shape index (κ2) is 8.60. The van der Waals surface area contributed by atoms with Crippen LogP contribution in [0.1, 0.15) is 35.9 Å². The third kappa shape index (κ3) is 4.28. The number of amides is 1. The molecule has 1 N–H and O–H groups in total. The first kappa shape index (κ1) is 21.0. The van der Waals surface area contributed by atoms with Gasteiger partial charge >= 0.3 is 0 Å². The number of hydrogen-bond donors (Lipinski definition) is 1. The summed E-state index contributed by atoms with van der Waals surface area (Å²) in [4.78, 5) is 17.3. The van der Waals surface area contributed by atoms with Crippen molar-refractivity contribution in [1.29, 1.82) is 0 Å². The second-order valence-electron chi connectivity index (χ2n) is 8.08. The molecule has 5 rings (SSSR count). The van der Waals surface area contributed by atoms with E-state index in [2.05, 4.69) is 36.3 Å². The molecule has 0 unspecified atom stereocenters. The van der Waals surface area contributed by atoms with Crippen molar-refractivity contribution in [2.24, 2.45) is 0 Å². The molecule has 0 saturated heterocycles. The molecule has 33 heavy (non-hydrogen) atoms. The van der Waals surface area contributed by atoms with Crippen LogP contribution in [0.4, 0.5) is 5.69 Å². The molecule has 0 atom stereocenters. The first-order chi connectivity index (χ1) is 16.0. The van der Waals surface area contributed by atoms with Crippen LogP contribution < -0.4 is 5.32 Å². The van der Waals surface area contributed by atoms with Crippen LogP contribution in [0.5, 0.6) is 0 Å². The van der Waals surface area contributed by atoms with E-state index < -0.39 is 0 Å². The first-order valence-corrected chi connectivity index (χ1v) is 11.0. The fourth-order valence-electron chi connectivity index (χ4n) is 3.60. The standard InChI is InChI=1S/C27H21ClN2O3/c1-16(2)17-7-9-18(10-8-17)27-30-22-15-19(11-12-24(22)33-27)29-26(31)25-14-13-23(32-25)20-5-3-4-6-21(20)28/h3-16H,1-2H3,(H,29,31). The van der Waals surface area contributed by atoms with E-state index in [4.69, 9.17) is 20.4 Å². The minimum Gasteiger partial charge on any atom is -0.451 e. The lowest BCUT2D eigenvalue weighted by Gasteiger charge is -2.04. The lowest BCUT2D eigenvalue weighted by molar-refractivity contribution is 0.0997. The fraction of sp³-hybridized carbons (Fsp3) is 0.111. The number of nitrogens with one attached hydrogen (secondary N) is 1. The number of oxazole rings is 1. The number of carbonyl (C=O) groups excluding carboxylic acids is 1. The molecule has 0 bridgehead atoms. The van der Waals surface area contributed by atoms with Gasteiger partial charge < -0.3 is 14.2 Å². The number of benzene rings is 3. The topological polar surface area (TPSA) is 68.3 Å². The van der Waals surface area contributed by atoms with Gasteiger partial charge in [-0.2, -0.15) is 0 Å². The zero-order chi connectivity index (χ0) is 22.9. The quantitative estimate of drug-likeness (QED) is 0.293. The van der Waals surface area contributed by atoms with Gasteiger partial charge in [-0.05, 0) is 66.1 Å². The molecule has 2 aromatic heterocycles. The van der Waals surface area contributed by atoms with Crippen molar-refractivity contribution in [3.8, 4) is 22.8 Å². The van der Waals surface area contributed by atoms with E-state index in [1.54, 1.807) is 36.4 Å². The van der Waals surface area contributed by atoms with Gasteiger partial charge in [-0.1, -0.05) is 49.7 Å². The van der Waals surface area contributed by atoms with Gasteiger partial charge in [0.05, 0.1) is 5.02 Å². The first-order valence-electron chi connectivity index (χ1n) is 10.6. The van der Waals surface area contributed by atoms with E-state index in [-0.39, 0.29) is 11.7 Å². The maximum absolute atomic E-state index is 12.7. The molecule has 0 spiro atoms. The number of hydrogen-bond acceptors (Lipinski definition) is 4. The highest BCUT2D eigenvalue weighted by Gasteiger charge is 2.15. The Morgan fingerprint density at radius 1 is 0.939 bits per heavy atom. The fourth-order valence-corrected chi connectivity index (χ4v) is 3.83. The molecule has 6 heteroatoms. The van der Waals surface area contributed by atoms with E-state index in [1.165, 1.54) is 5.56 Å². The predicted octanol–water partition coefficient (Wildman–Crippen LogP) is 7.78. The van der Waals surface area contributed by atoms with Crippen LogP contribution in [0, 0.1) is 0 Å².